The van der Waals surface area contributed by atoms with Crippen LogP contribution in [0.1, 0.15) is 56.9 Å². The van der Waals surface area contributed by atoms with E-state index in [4.69, 9.17) is 4.74 Å². The molecule has 3 aromatic carbocycles. The summed E-state index contributed by atoms with van der Waals surface area (Å²) in [5.74, 6) is 1.06. The number of hydrogen-bond acceptors (Lipinski definition) is 10. The molecule has 0 unspecified atom stereocenters. The quantitative estimate of drug-likeness (QED) is 0.114. The number of rotatable bonds is 12. The van der Waals surface area contributed by atoms with Crippen LogP contribution in [0.2, 0.25) is 0 Å². The van der Waals surface area contributed by atoms with E-state index in [-0.39, 0.29) is 33.3 Å². The van der Waals surface area contributed by atoms with Crippen molar-refractivity contribution in [3.05, 3.63) is 102 Å². The molecule has 0 spiro atoms. The Morgan fingerprint density at radius 3 is 2.51 bits per heavy atom. The zero-order valence-electron chi connectivity index (χ0n) is 29.7. The highest BCUT2D eigenvalue weighted by Gasteiger charge is 2.22. The maximum Gasteiger partial charge on any atom is 0.407 e. The van der Waals surface area contributed by atoms with Crippen molar-refractivity contribution in [3.63, 3.8) is 0 Å². The van der Waals surface area contributed by atoms with Gasteiger partial charge in [-0.15, -0.1) is 0 Å². The molecule has 12 nitrogen and oxygen atoms in total. The monoisotopic (exact) mass is 751 g/mol. The van der Waals surface area contributed by atoms with Gasteiger partial charge in [0, 0.05) is 29.8 Å². The number of ether oxygens (including phenoxy) is 1. The highest BCUT2D eigenvalue weighted by molar-refractivity contribution is 7.93. The summed E-state index contributed by atoms with van der Waals surface area (Å²) in [7, 11) is -4.04. The first-order chi connectivity index (χ1) is 25.4. The van der Waals surface area contributed by atoms with Crippen LogP contribution in [0.5, 0.6) is 11.5 Å². The van der Waals surface area contributed by atoms with Crippen molar-refractivity contribution in [2.24, 2.45) is 5.92 Å². The molecule has 274 valence electrons. The van der Waals surface area contributed by atoms with Gasteiger partial charge >= 0.3 is 6.09 Å². The summed E-state index contributed by atoms with van der Waals surface area (Å²) >= 11 is 0.894. The molecular formula is C39H41N7O5S2. The van der Waals surface area contributed by atoms with Crippen LogP contribution in [0.15, 0.2) is 90.2 Å². The summed E-state index contributed by atoms with van der Waals surface area (Å²) in [6, 6.07) is 23.9. The second-order valence-electron chi connectivity index (χ2n) is 14.0. The Labute approximate surface area is 313 Å². The van der Waals surface area contributed by atoms with Crippen molar-refractivity contribution in [2.75, 3.05) is 24.4 Å². The van der Waals surface area contributed by atoms with Crippen LogP contribution >= 0.6 is 11.5 Å². The molecule has 6 rings (SSSR count). The number of benzene rings is 3. The van der Waals surface area contributed by atoms with Gasteiger partial charge in [0.25, 0.3) is 10.0 Å². The fraction of sp³-hybridized carbons (Fsp3) is 0.308. The number of sulfonamides is 1. The van der Waals surface area contributed by atoms with Gasteiger partial charge in [0.1, 0.15) is 23.9 Å². The number of anilines is 1. The highest BCUT2D eigenvalue weighted by Crippen LogP contribution is 2.39. The van der Waals surface area contributed by atoms with E-state index in [1.807, 2.05) is 42.5 Å². The standard InChI is InChI=1S/C39H41N7O5S2/c1-39(2,3)31-6-4-5-27(19-31)28-7-9-36(51-35-10-8-33(21-30(35)23-40)53(49,50)45-37-43-25-44-52-37)34(22-28)29-13-17-42-32(20-29)24-46(38(47)48)18-14-26-11-15-41-16-12-26/h4-10,13,17,19-22,25-26,41H,11-12,14-16,18,24H2,1-3H3,(H,47,48)(H,43,44,45). The first-order valence-electron chi connectivity index (χ1n) is 17.3. The summed E-state index contributed by atoms with van der Waals surface area (Å²) in [5, 5.41) is 23.6. The second-order valence-corrected chi connectivity index (χ2v) is 16.5. The van der Waals surface area contributed by atoms with E-state index in [0.717, 1.165) is 60.6 Å². The van der Waals surface area contributed by atoms with Gasteiger partial charge in [-0.3, -0.25) is 9.71 Å². The topological polar surface area (TPSA) is 170 Å². The van der Waals surface area contributed by atoms with Gasteiger partial charge < -0.3 is 20.1 Å². The number of amides is 1. The van der Waals surface area contributed by atoms with Crippen molar-refractivity contribution in [2.45, 2.75) is 56.9 Å². The maximum atomic E-state index is 13.0. The van der Waals surface area contributed by atoms with Crippen LogP contribution in [0.25, 0.3) is 22.3 Å². The fourth-order valence-electron chi connectivity index (χ4n) is 6.23. The first kappa shape index (κ1) is 37.4. The molecule has 1 amide bonds. The molecule has 0 atom stereocenters. The predicted molar refractivity (Wildman–Crippen MR) is 204 cm³/mol. The summed E-state index contributed by atoms with van der Waals surface area (Å²) in [6.07, 6.45) is 4.76. The molecule has 1 aliphatic rings. The van der Waals surface area contributed by atoms with Gasteiger partial charge in [-0.05, 0) is 108 Å². The van der Waals surface area contributed by atoms with E-state index in [0.29, 0.717) is 29.5 Å². The minimum absolute atomic E-state index is 0.0132. The van der Waals surface area contributed by atoms with Gasteiger partial charge in [-0.2, -0.15) is 9.64 Å². The molecule has 5 aromatic rings. The number of piperidine rings is 1. The average Bonchev–Trinajstić information content (AvgIpc) is 3.66. The van der Waals surface area contributed by atoms with E-state index in [2.05, 4.69) is 63.4 Å². The van der Waals surface area contributed by atoms with E-state index >= 15 is 0 Å². The normalized spacial score (nSPS) is 13.6. The molecule has 1 aliphatic heterocycles. The van der Waals surface area contributed by atoms with E-state index in [9.17, 15) is 23.6 Å². The van der Waals surface area contributed by atoms with Crippen molar-refractivity contribution < 1.29 is 23.1 Å². The number of hydrogen-bond donors (Lipinski definition) is 3. The zero-order valence-corrected chi connectivity index (χ0v) is 31.4. The van der Waals surface area contributed by atoms with Gasteiger partial charge in [-0.25, -0.2) is 18.2 Å². The molecule has 3 N–H and O–H groups in total. The molecule has 1 saturated heterocycles. The molecule has 0 radical (unpaired) electrons. The summed E-state index contributed by atoms with van der Waals surface area (Å²) in [4.78, 5) is 22.0. The number of nitrogens with one attached hydrogen (secondary N) is 2. The van der Waals surface area contributed by atoms with Crippen molar-refractivity contribution in [1.29, 1.82) is 5.26 Å². The van der Waals surface area contributed by atoms with Crippen molar-refractivity contribution in [1.82, 2.24) is 24.6 Å². The minimum Gasteiger partial charge on any atom is -0.465 e. The Morgan fingerprint density at radius 2 is 1.79 bits per heavy atom. The lowest BCUT2D eigenvalue weighted by Gasteiger charge is -2.26. The van der Waals surface area contributed by atoms with Gasteiger partial charge in [0.15, 0.2) is 0 Å². The Hall–Kier alpha value is -5.36. The van der Waals surface area contributed by atoms with Crippen molar-refractivity contribution in [3.8, 4) is 39.8 Å². The minimum atomic E-state index is -4.04. The SMILES string of the molecule is CC(C)(C)c1cccc(-c2ccc(Oc3ccc(S(=O)(=O)Nc4ncns4)cc3C#N)c(-c3ccnc(CN(CCC4CCNCC4)C(=O)O)c3)c2)c1. The summed E-state index contributed by atoms with van der Waals surface area (Å²) < 4.78 is 38.7. The first-order valence-corrected chi connectivity index (χ1v) is 19.6. The number of nitriles is 1. The van der Waals surface area contributed by atoms with Gasteiger partial charge in [0.2, 0.25) is 5.13 Å². The molecule has 0 bridgehead atoms. The molecule has 2 aromatic heterocycles. The number of carbonyl (C=O) groups is 1. The Kier molecular flexibility index (Phi) is 11.4. The number of pyridine rings is 1. The summed E-state index contributed by atoms with van der Waals surface area (Å²) in [5.41, 5.74) is 5.06. The van der Waals surface area contributed by atoms with E-state index < -0.39 is 16.1 Å². The second kappa shape index (κ2) is 16.1. The van der Waals surface area contributed by atoms with Crippen molar-refractivity contribution >= 4 is 32.8 Å². The Bertz CT molecular complexity index is 2230. The third-order valence-electron chi connectivity index (χ3n) is 9.24. The lowest BCUT2D eigenvalue weighted by atomic mass is 9.85. The van der Waals surface area contributed by atoms with Crippen LogP contribution in [-0.2, 0) is 22.0 Å². The molecule has 53 heavy (non-hydrogen) atoms. The molecule has 3 heterocycles. The smallest absolute Gasteiger partial charge is 0.407 e. The number of carboxylic acid groups (broad SMARTS) is 1. The van der Waals surface area contributed by atoms with Crippen LogP contribution in [-0.4, -0.2) is 58.5 Å². The van der Waals surface area contributed by atoms with Gasteiger partial charge in [-0.1, -0.05) is 51.1 Å². The van der Waals surface area contributed by atoms with E-state index in [1.54, 1.807) is 6.20 Å². The molecule has 0 saturated carbocycles. The average molecular weight is 752 g/mol. The van der Waals surface area contributed by atoms with E-state index in [1.165, 1.54) is 35.0 Å². The van der Waals surface area contributed by atoms with Crippen LogP contribution in [0.3, 0.4) is 0 Å². The molecule has 0 aliphatic carbocycles. The molecule has 14 heteroatoms. The Morgan fingerprint density at radius 1 is 1.02 bits per heavy atom. The molecular weight excluding hydrogens is 711 g/mol. The third kappa shape index (κ3) is 9.36. The number of aromatic nitrogens is 3. The number of nitrogens with zero attached hydrogens (tertiary/aromatic N) is 5. The third-order valence-corrected chi connectivity index (χ3v) is 11.3. The van der Waals surface area contributed by atoms with Crippen LogP contribution < -0.4 is 14.8 Å². The largest absolute Gasteiger partial charge is 0.465 e. The predicted octanol–water partition coefficient (Wildman–Crippen LogP) is 7.90. The highest BCUT2D eigenvalue weighted by atomic mass is 32.2. The fourth-order valence-corrected chi connectivity index (χ4v) is 7.92. The molecule has 1 fully saturated rings. The summed E-state index contributed by atoms with van der Waals surface area (Å²) in [6.45, 7) is 8.93. The zero-order chi connectivity index (χ0) is 37.6. The lowest BCUT2D eigenvalue weighted by Crippen LogP contribution is -2.34. The van der Waals surface area contributed by atoms with Gasteiger partial charge in [0.05, 0.1) is 22.7 Å². The Balaban J connectivity index is 1.35. The van der Waals surface area contributed by atoms with Crippen LogP contribution in [0, 0.1) is 17.2 Å². The lowest BCUT2D eigenvalue weighted by molar-refractivity contribution is 0.136. The maximum absolute atomic E-state index is 13.0. The van der Waals surface area contributed by atoms with Crippen LogP contribution in [0.4, 0.5) is 9.93 Å².